The van der Waals surface area contributed by atoms with Crippen LogP contribution in [-0.4, -0.2) is 78.3 Å². The molecule has 0 aromatic heterocycles. The summed E-state index contributed by atoms with van der Waals surface area (Å²) in [6, 6.07) is 11.7. The maximum Gasteiger partial charge on any atom is 0.262 e. The quantitative estimate of drug-likeness (QED) is 0.563. The number of morpholine rings is 1. The highest BCUT2D eigenvalue weighted by molar-refractivity contribution is 6.03. The van der Waals surface area contributed by atoms with E-state index in [0.717, 1.165) is 25.9 Å². The number of ether oxygens (including phenoxy) is 1. The molecule has 2 fully saturated rings. The molecule has 1 aliphatic carbocycles. The fourth-order valence-electron chi connectivity index (χ4n) is 4.72. The van der Waals surface area contributed by atoms with Crippen molar-refractivity contribution >= 4 is 17.5 Å². The van der Waals surface area contributed by atoms with E-state index in [4.69, 9.17) is 4.74 Å². The number of hydrogen-bond acceptors (Lipinski definition) is 5. The van der Waals surface area contributed by atoms with Gasteiger partial charge in [0.25, 0.3) is 5.91 Å². The van der Waals surface area contributed by atoms with Gasteiger partial charge in [-0.3, -0.25) is 14.5 Å². The highest BCUT2D eigenvalue weighted by Crippen LogP contribution is 2.34. The predicted octanol–water partition coefficient (Wildman–Crippen LogP) is 3.21. The number of halogens is 2. The molecule has 1 atom stereocenters. The lowest BCUT2D eigenvalue weighted by molar-refractivity contribution is -0.142. The first kappa shape index (κ1) is 24.5. The zero-order valence-electron chi connectivity index (χ0n) is 20.1. The molecule has 0 N–H and O–H groups in total. The minimum atomic E-state index is -0.509. The summed E-state index contributed by atoms with van der Waals surface area (Å²) in [6.45, 7) is 3.93. The molecule has 3 aliphatic rings. The van der Waals surface area contributed by atoms with Gasteiger partial charge in [0.2, 0.25) is 5.91 Å². The topological polar surface area (TPSA) is 65.5 Å². The van der Waals surface area contributed by atoms with E-state index in [1.807, 2.05) is 0 Å². The number of nitrogens with zero attached hydrogens (tertiary/aromatic N) is 4. The summed E-state index contributed by atoms with van der Waals surface area (Å²) in [5.41, 5.74) is 1.48. The van der Waals surface area contributed by atoms with E-state index in [-0.39, 0.29) is 30.1 Å². The van der Waals surface area contributed by atoms with Crippen LogP contribution in [0.25, 0.3) is 0 Å². The van der Waals surface area contributed by atoms with Crippen LogP contribution in [0, 0.1) is 17.6 Å². The summed E-state index contributed by atoms with van der Waals surface area (Å²) in [6.07, 6.45) is 1.99. The van der Waals surface area contributed by atoms with Gasteiger partial charge in [-0.05, 0) is 36.6 Å². The molecule has 2 aromatic carbocycles. The molecule has 1 saturated carbocycles. The first-order valence-electron chi connectivity index (χ1n) is 12.5. The van der Waals surface area contributed by atoms with Gasteiger partial charge in [-0.15, -0.1) is 0 Å². The molecule has 2 aliphatic heterocycles. The monoisotopic (exact) mass is 496 g/mol. The SMILES string of the molecule is O=C(C1CC1)N(CCN1CCOCC1)CC(=O)N1N=C(c2ccccc2F)CC1c1ccc(F)cc1. The van der Waals surface area contributed by atoms with Crippen molar-refractivity contribution < 1.29 is 23.1 Å². The average Bonchev–Trinajstić information content (AvgIpc) is 3.66. The average molecular weight is 497 g/mol. The van der Waals surface area contributed by atoms with Gasteiger partial charge in [0.15, 0.2) is 0 Å². The normalized spacial score (nSPS) is 20.3. The fraction of sp³-hybridized carbons (Fsp3) is 0.444. The minimum Gasteiger partial charge on any atom is -0.379 e. The van der Waals surface area contributed by atoms with Gasteiger partial charge in [0, 0.05) is 44.1 Å². The summed E-state index contributed by atoms with van der Waals surface area (Å²) in [5.74, 6) is -1.17. The van der Waals surface area contributed by atoms with Crippen LogP contribution >= 0.6 is 0 Å². The lowest BCUT2D eigenvalue weighted by atomic mass is 9.98. The molecule has 1 unspecified atom stereocenters. The van der Waals surface area contributed by atoms with Gasteiger partial charge in [0.1, 0.15) is 18.2 Å². The van der Waals surface area contributed by atoms with Crippen molar-refractivity contribution in [2.45, 2.75) is 25.3 Å². The smallest absolute Gasteiger partial charge is 0.262 e. The summed E-state index contributed by atoms with van der Waals surface area (Å²) < 4.78 is 33.5. The third-order valence-corrected chi connectivity index (χ3v) is 6.96. The van der Waals surface area contributed by atoms with E-state index in [1.54, 1.807) is 35.2 Å². The van der Waals surface area contributed by atoms with Crippen LogP contribution in [0.2, 0.25) is 0 Å². The van der Waals surface area contributed by atoms with Gasteiger partial charge in [-0.25, -0.2) is 13.8 Å². The molecular formula is C27H30F2N4O3. The second-order valence-electron chi connectivity index (χ2n) is 9.52. The first-order valence-corrected chi connectivity index (χ1v) is 12.5. The molecule has 2 heterocycles. The largest absolute Gasteiger partial charge is 0.379 e. The molecule has 7 nitrogen and oxygen atoms in total. The van der Waals surface area contributed by atoms with Gasteiger partial charge in [-0.2, -0.15) is 5.10 Å². The molecule has 9 heteroatoms. The molecule has 36 heavy (non-hydrogen) atoms. The van der Waals surface area contributed by atoms with Crippen molar-refractivity contribution in [3.63, 3.8) is 0 Å². The van der Waals surface area contributed by atoms with Crippen molar-refractivity contribution in [3.8, 4) is 0 Å². The van der Waals surface area contributed by atoms with E-state index >= 15 is 0 Å². The van der Waals surface area contributed by atoms with Crippen LogP contribution in [0.5, 0.6) is 0 Å². The molecule has 2 aromatic rings. The highest BCUT2D eigenvalue weighted by Gasteiger charge is 2.38. The number of rotatable bonds is 8. The number of carbonyl (C=O) groups is 2. The number of hydrogen-bond donors (Lipinski definition) is 0. The Hall–Kier alpha value is -3.17. The van der Waals surface area contributed by atoms with Crippen molar-refractivity contribution in [2.75, 3.05) is 45.9 Å². The Morgan fingerprint density at radius 2 is 1.75 bits per heavy atom. The Balaban J connectivity index is 1.37. The first-order chi connectivity index (χ1) is 17.5. The molecule has 5 rings (SSSR count). The van der Waals surface area contributed by atoms with E-state index in [9.17, 15) is 18.4 Å². The van der Waals surface area contributed by atoms with Crippen molar-refractivity contribution in [1.82, 2.24) is 14.8 Å². The van der Waals surface area contributed by atoms with E-state index in [1.165, 1.54) is 23.2 Å². The third kappa shape index (κ3) is 5.63. The molecule has 0 spiro atoms. The number of amides is 2. The Kier molecular flexibility index (Phi) is 7.38. The van der Waals surface area contributed by atoms with E-state index in [2.05, 4.69) is 10.0 Å². The minimum absolute atomic E-state index is 0.00699. The van der Waals surface area contributed by atoms with Crippen LogP contribution in [0.15, 0.2) is 53.6 Å². The van der Waals surface area contributed by atoms with Crippen molar-refractivity contribution in [2.24, 2.45) is 11.0 Å². The lowest BCUT2D eigenvalue weighted by Crippen LogP contribution is -2.47. The van der Waals surface area contributed by atoms with E-state index < -0.39 is 11.9 Å². The van der Waals surface area contributed by atoms with Gasteiger partial charge in [0.05, 0.1) is 25.0 Å². The van der Waals surface area contributed by atoms with Gasteiger partial charge >= 0.3 is 0 Å². The Labute approximate surface area is 209 Å². The maximum atomic E-state index is 14.5. The predicted molar refractivity (Wildman–Crippen MR) is 130 cm³/mol. The molecule has 1 saturated heterocycles. The Bertz CT molecular complexity index is 1130. The van der Waals surface area contributed by atoms with E-state index in [0.29, 0.717) is 49.6 Å². The van der Waals surface area contributed by atoms with Crippen LogP contribution in [-0.2, 0) is 14.3 Å². The number of hydrazone groups is 1. The van der Waals surface area contributed by atoms with Crippen LogP contribution in [0.1, 0.15) is 36.4 Å². The summed E-state index contributed by atoms with van der Waals surface area (Å²) in [5, 5.41) is 5.87. The lowest BCUT2D eigenvalue weighted by Gasteiger charge is -2.31. The molecule has 2 amide bonds. The molecule has 0 bridgehead atoms. The Morgan fingerprint density at radius 1 is 1.03 bits per heavy atom. The standard InChI is InChI=1S/C27H30F2N4O3/c28-21-9-7-19(8-10-21)25-17-24(22-3-1-2-4-23(22)29)30-33(25)26(34)18-32(27(35)20-5-6-20)12-11-31-13-15-36-16-14-31/h1-4,7-10,20,25H,5-6,11-18H2. The van der Waals surface area contributed by atoms with Crippen LogP contribution < -0.4 is 0 Å². The number of carbonyl (C=O) groups excluding carboxylic acids is 2. The maximum absolute atomic E-state index is 14.5. The number of benzene rings is 2. The Morgan fingerprint density at radius 3 is 2.44 bits per heavy atom. The summed E-state index contributed by atoms with van der Waals surface area (Å²) >= 11 is 0. The molecule has 190 valence electrons. The third-order valence-electron chi connectivity index (χ3n) is 6.96. The second kappa shape index (κ2) is 10.8. The second-order valence-corrected chi connectivity index (χ2v) is 9.52. The zero-order valence-corrected chi connectivity index (χ0v) is 20.1. The van der Waals surface area contributed by atoms with Crippen LogP contribution in [0.4, 0.5) is 8.78 Å². The highest BCUT2D eigenvalue weighted by atomic mass is 19.1. The zero-order chi connectivity index (χ0) is 25.1. The fourth-order valence-corrected chi connectivity index (χ4v) is 4.72. The van der Waals surface area contributed by atoms with Crippen molar-refractivity contribution in [1.29, 1.82) is 0 Å². The van der Waals surface area contributed by atoms with Crippen molar-refractivity contribution in [3.05, 3.63) is 71.3 Å². The molecule has 0 radical (unpaired) electrons. The summed E-state index contributed by atoms with van der Waals surface area (Å²) in [7, 11) is 0. The van der Waals surface area contributed by atoms with Crippen LogP contribution in [0.3, 0.4) is 0 Å². The van der Waals surface area contributed by atoms with Gasteiger partial charge < -0.3 is 9.64 Å². The molecular weight excluding hydrogens is 466 g/mol. The summed E-state index contributed by atoms with van der Waals surface area (Å²) in [4.78, 5) is 30.5. The van der Waals surface area contributed by atoms with Gasteiger partial charge in [-0.1, -0.05) is 30.3 Å².